The molecule has 0 fully saturated rings. The van der Waals surface area contributed by atoms with E-state index in [4.69, 9.17) is 0 Å². The van der Waals surface area contributed by atoms with Crippen molar-refractivity contribution < 1.29 is 9.59 Å². The normalized spacial score (nSPS) is 13.7. The average Bonchev–Trinajstić information content (AvgIpc) is 3.24. The summed E-state index contributed by atoms with van der Waals surface area (Å²) in [6.07, 6.45) is 2.27. The van der Waals surface area contributed by atoms with Crippen molar-refractivity contribution in [3.63, 3.8) is 0 Å². The molecule has 4 rings (SSSR count). The Labute approximate surface area is 151 Å². The summed E-state index contributed by atoms with van der Waals surface area (Å²) >= 11 is 0. The molecule has 0 unspecified atom stereocenters. The fourth-order valence-corrected chi connectivity index (χ4v) is 3.37. The van der Waals surface area contributed by atoms with Gasteiger partial charge in [0.1, 0.15) is 0 Å². The van der Waals surface area contributed by atoms with Gasteiger partial charge in [0.2, 0.25) is 5.91 Å². The zero-order valence-corrected chi connectivity index (χ0v) is 14.9. The van der Waals surface area contributed by atoms with Crippen LogP contribution in [0.2, 0.25) is 0 Å². The maximum atomic E-state index is 12.8. The van der Waals surface area contributed by atoms with E-state index in [0.29, 0.717) is 31.7 Å². The molecule has 0 saturated carbocycles. The van der Waals surface area contributed by atoms with Gasteiger partial charge in [-0.05, 0) is 17.7 Å². The molecule has 3 aromatic rings. The molecular weight excluding hydrogens is 330 g/mol. The molecular formula is C19H21N5O2. The van der Waals surface area contributed by atoms with Crippen LogP contribution in [0.5, 0.6) is 0 Å². The number of hydrogen-bond acceptors (Lipinski definition) is 3. The third-order valence-electron chi connectivity index (χ3n) is 4.79. The lowest BCUT2D eigenvalue weighted by atomic mass is 10.1. The SMILES string of the molecule is CN(C)C(=O)c1cc2n(n1)CCN(C(=O)Cc1c[nH]c3ccccc13)C2. The smallest absolute Gasteiger partial charge is 0.273 e. The van der Waals surface area contributed by atoms with E-state index in [9.17, 15) is 9.59 Å². The monoisotopic (exact) mass is 351 g/mol. The Balaban J connectivity index is 1.50. The predicted molar refractivity (Wildman–Crippen MR) is 97.7 cm³/mol. The van der Waals surface area contributed by atoms with Crippen LogP contribution in [0.3, 0.4) is 0 Å². The van der Waals surface area contributed by atoms with Crippen LogP contribution in [0.1, 0.15) is 21.7 Å². The maximum absolute atomic E-state index is 12.8. The molecule has 0 radical (unpaired) electrons. The number of nitrogens with one attached hydrogen (secondary N) is 1. The zero-order valence-electron chi connectivity index (χ0n) is 14.9. The second-order valence-electron chi connectivity index (χ2n) is 6.80. The summed E-state index contributed by atoms with van der Waals surface area (Å²) in [6.45, 7) is 1.69. The molecule has 0 aliphatic carbocycles. The largest absolute Gasteiger partial charge is 0.361 e. The highest BCUT2D eigenvalue weighted by molar-refractivity contribution is 5.92. The zero-order chi connectivity index (χ0) is 18.3. The molecule has 7 heteroatoms. The van der Waals surface area contributed by atoms with E-state index in [-0.39, 0.29) is 11.8 Å². The molecule has 0 bridgehead atoms. The summed E-state index contributed by atoms with van der Waals surface area (Å²) < 4.78 is 1.83. The maximum Gasteiger partial charge on any atom is 0.273 e. The third kappa shape index (κ3) is 2.85. The van der Waals surface area contributed by atoms with E-state index in [1.54, 1.807) is 20.2 Å². The second-order valence-corrected chi connectivity index (χ2v) is 6.80. The molecule has 7 nitrogen and oxygen atoms in total. The second kappa shape index (κ2) is 6.33. The minimum absolute atomic E-state index is 0.0858. The lowest BCUT2D eigenvalue weighted by molar-refractivity contribution is -0.131. The molecule has 1 aliphatic heterocycles. The number of fused-ring (bicyclic) bond motifs is 2. The number of amides is 2. The number of H-pyrrole nitrogens is 1. The molecule has 2 aromatic heterocycles. The average molecular weight is 351 g/mol. The summed E-state index contributed by atoms with van der Waals surface area (Å²) in [5.74, 6) is -0.0359. The van der Waals surface area contributed by atoms with Crippen molar-refractivity contribution in [3.8, 4) is 0 Å². The minimum Gasteiger partial charge on any atom is -0.361 e. The molecule has 1 aromatic carbocycles. The lowest BCUT2D eigenvalue weighted by Crippen LogP contribution is -2.39. The number of carbonyl (C=O) groups is 2. The van der Waals surface area contributed by atoms with E-state index in [1.165, 1.54) is 4.90 Å². The van der Waals surface area contributed by atoms with Crippen LogP contribution in [0.25, 0.3) is 10.9 Å². The Morgan fingerprint density at radius 3 is 2.85 bits per heavy atom. The van der Waals surface area contributed by atoms with Crippen molar-refractivity contribution in [2.75, 3.05) is 20.6 Å². The van der Waals surface area contributed by atoms with E-state index in [1.807, 2.05) is 40.0 Å². The molecule has 1 N–H and O–H groups in total. The lowest BCUT2D eigenvalue weighted by Gasteiger charge is -2.27. The van der Waals surface area contributed by atoms with Crippen LogP contribution in [0, 0.1) is 0 Å². The van der Waals surface area contributed by atoms with Crippen molar-refractivity contribution in [1.82, 2.24) is 24.6 Å². The molecule has 26 heavy (non-hydrogen) atoms. The van der Waals surface area contributed by atoms with Gasteiger partial charge in [-0.3, -0.25) is 14.3 Å². The van der Waals surface area contributed by atoms with Gasteiger partial charge in [0.25, 0.3) is 5.91 Å². The highest BCUT2D eigenvalue weighted by Gasteiger charge is 2.25. The third-order valence-corrected chi connectivity index (χ3v) is 4.79. The van der Waals surface area contributed by atoms with Gasteiger partial charge < -0.3 is 14.8 Å². The van der Waals surface area contributed by atoms with Crippen LogP contribution in [0.15, 0.2) is 36.5 Å². The van der Waals surface area contributed by atoms with Crippen molar-refractivity contribution in [1.29, 1.82) is 0 Å². The summed E-state index contributed by atoms with van der Waals surface area (Å²) in [7, 11) is 3.41. The number of rotatable bonds is 3. The van der Waals surface area contributed by atoms with Gasteiger partial charge in [0.15, 0.2) is 5.69 Å². The quantitative estimate of drug-likeness (QED) is 0.780. The fraction of sp³-hybridized carbons (Fsp3) is 0.316. The topological polar surface area (TPSA) is 74.2 Å². The summed E-state index contributed by atoms with van der Waals surface area (Å²) in [4.78, 5) is 31.4. The van der Waals surface area contributed by atoms with Crippen LogP contribution in [-0.4, -0.2) is 57.0 Å². The first-order valence-corrected chi connectivity index (χ1v) is 8.64. The van der Waals surface area contributed by atoms with Crippen LogP contribution in [0.4, 0.5) is 0 Å². The highest BCUT2D eigenvalue weighted by Crippen LogP contribution is 2.20. The van der Waals surface area contributed by atoms with E-state index in [0.717, 1.165) is 22.2 Å². The minimum atomic E-state index is -0.122. The molecule has 0 saturated heterocycles. The van der Waals surface area contributed by atoms with Gasteiger partial charge in [-0.15, -0.1) is 0 Å². The summed E-state index contributed by atoms with van der Waals surface area (Å²) in [6, 6.07) is 9.77. The summed E-state index contributed by atoms with van der Waals surface area (Å²) in [5.41, 5.74) is 3.37. The van der Waals surface area contributed by atoms with E-state index >= 15 is 0 Å². The van der Waals surface area contributed by atoms with Gasteiger partial charge in [-0.1, -0.05) is 18.2 Å². The van der Waals surface area contributed by atoms with Gasteiger partial charge in [0.05, 0.1) is 25.2 Å². The van der Waals surface area contributed by atoms with Gasteiger partial charge in [-0.2, -0.15) is 5.10 Å². The Kier molecular flexibility index (Phi) is 3.99. The van der Waals surface area contributed by atoms with Crippen molar-refractivity contribution in [2.24, 2.45) is 0 Å². The Bertz CT molecular complexity index is 985. The number of nitrogens with zero attached hydrogens (tertiary/aromatic N) is 4. The van der Waals surface area contributed by atoms with Gasteiger partial charge in [-0.25, -0.2) is 0 Å². The first kappa shape index (κ1) is 16.4. The molecule has 3 heterocycles. The highest BCUT2D eigenvalue weighted by atomic mass is 16.2. The van der Waals surface area contributed by atoms with E-state index < -0.39 is 0 Å². The summed E-state index contributed by atoms with van der Waals surface area (Å²) in [5, 5.41) is 5.45. The fourth-order valence-electron chi connectivity index (χ4n) is 3.37. The van der Waals surface area contributed by atoms with E-state index in [2.05, 4.69) is 10.1 Å². The number of para-hydroxylation sites is 1. The number of benzene rings is 1. The van der Waals surface area contributed by atoms with Crippen LogP contribution < -0.4 is 0 Å². The number of aromatic amines is 1. The van der Waals surface area contributed by atoms with Crippen molar-refractivity contribution in [3.05, 3.63) is 53.5 Å². The first-order chi connectivity index (χ1) is 12.5. The predicted octanol–water partition coefficient (Wildman–Crippen LogP) is 1.65. The Morgan fingerprint density at radius 2 is 2.04 bits per heavy atom. The Morgan fingerprint density at radius 1 is 1.23 bits per heavy atom. The Hall–Kier alpha value is -3.09. The molecule has 0 spiro atoms. The number of carbonyl (C=O) groups excluding carboxylic acids is 2. The van der Waals surface area contributed by atoms with Crippen LogP contribution in [-0.2, 0) is 24.3 Å². The number of hydrogen-bond donors (Lipinski definition) is 1. The molecule has 2 amide bonds. The molecule has 1 aliphatic rings. The van der Waals surface area contributed by atoms with Crippen molar-refractivity contribution >= 4 is 22.7 Å². The van der Waals surface area contributed by atoms with Crippen LogP contribution >= 0.6 is 0 Å². The van der Waals surface area contributed by atoms with Crippen molar-refractivity contribution in [2.45, 2.75) is 19.5 Å². The molecule has 0 atom stereocenters. The molecule has 134 valence electrons. The first-order valence-electron chi connectivity index (χ1n) is 8.64. The number of aromatic nitrogens is 3. The van der Waals surface area contributed by atoms with Gasteiger partial charge >= 0.3 is 0 Å². The standard InChI is InChI=1S/C19H21N5O2/c1-22(2)19(26)17-10-14-12-23(7-8-24(14)21-17)18(25)9-13-11-20-16-6-4-3-5-15(13)16/h3-6,10-11,20H,7-9,12H2,1-2H3. The van der Waals surface area contributed by atoms with Gasteiger partial charge in [0, 0.05) is 37.7 Å².